The fourth-order valence-corrected chi connectivity index (χ4v) is 1.87. The second-order valence-corrected chi connectivity index (χ2v) is 4.00. The average molecular weight is 248 g/mol. The number of carbonyl (C=O) groups is 1. The van der Waals surface area contributed by atoms with Crippen molar-refractivity contribution in [2.45, 2.75) is 0 Å². The number of carbonyl (C=O) groups excluding carboxylic acids is 1. The molecule has 0 amide bonds. The number of fused-ring (bicyclic) bond motifs is 1. The summed E-state index contributed by atoms with van der Waals surface area (Å²) >= 11 is 0. The zero-order valence-corrected chi connectivity index (χ0v) is 9.82. The monoisotopic (exact) mass is 248 g/mol. The molecule has 0 unspecified atom stereocenters. The lowest BCUT2D eigenvalue weighted by atomic mass is 10.2. The van der Waals surface area contributed by atoms with Gasteiger partial charge in [0.2, 0.25) is 0 Å². The van der Waals surface area contributed by atoms with E-state index in [9.17, 15) is 4.79 Å². The Balaban J connectivity index is 2.14. The molecule has 0 radical (unpaired) electrons. The molecule has 19 heavy (non-hydrogen) atoms. The van der Waals surface area contributed by atoms with Crippen molar-refractivity contribution >= 4 is 17.5 Å². The van der Waals surface area contributed by atoms with E-state index < -0.39 is 0 Å². The lowest BCUT2D eigenvalue weighted by molar-refractivity contribution is 0.112. The van der Waals surface area contributed by atoms with Gasteiger partial charge in [-0.15, -0.1) is 0 Å². The Morgan fingerprint density at radius 3 is 2.68 bits per heavy atom. The van der Waals surface area contributed by atoms with Gasteiger partial charge in [0, 0.05) is 17.4 Å². The Hall–Kier alpha value is -3.00. The molecule has 0 bridgehead atoms. The Labute approximate surface area is 108 Å². The van der Waals surface area contributed by atoms with Crippen LogP contribution in [0, 0.1) is 11.3 Å². The van der Waals surface area contributed by atoms with Crippen LogP contribution in [-0.4, -0.2) is 20.8 Å². The maximum atomic E-state index is 10.7. The van der Waals surface area contributed by atoms with Crippen molar-refractivity contribution in [3.05, 3.63) is 54.0 Å². The van der Waals surface area contributed by atoms with E-state index in [2.05, 4.69) is 16.0 Å². The zero-order valence-electron chi connectivity index (χ0n) is 9.82. The summed E-state index contributed by atoms with van der Waals surface area (Å²) in [4.78, 5) is 19.2. The van der Waals surface area contributed by atoms with E-state index >= 15 is 0 Å². The predicted octanol–water partition coefficient (Wildman–Crippen LogP) is 2.10. The molecule has 3 aromatic rings. The summed E-state index contributed by atoms with van der Waals surface area (Å²) < 4.78 is 1.81. The Morgan fingerprint density at radius 2 is 2.00 bits per heavy atom. The summed E-state index contributed by atoms with van der Waals surface area (Å²) in [5, 5.41) is 8.77. The summed E-state index contributed by atoms with van der Waals surface area (Å²) in [6.45, 7) is 0. The van der Waals surface area contributed by atoms with Gasteiger partial charge in [-0.05, 0) is 30.3 Å². The van der Waals surface area contributed by atoms with Crippen LogP contribution in [-0.2, 0) is 0 Å². The van der Waals surface area contributed by atoms with Crippen LogP contribution in [0.15, 0.2) is 42.9 Å². The van der Waals surface area contributed by atoms with Crippen molar-refractivity contribution in [3.8, 4) is 11.8 Å². The van der Waals surface area contributed by atoms with Gasteiger partial charge in [-0.25, -0.2) is 9.97 Å². The summed E-state index contributed by atoms with van der Waals surface area (Å²) in [5.74, 6) is 0. The molecule has 2 heterocycles. The van der Waals surface area contributed by atoms with Gasteiger partial charge < -0.3 is 0 Å². The molecule has 2 aromatic heterocycles. The maximum absolute atomic E-state index is 10.7. The maximum Gasteiger partial charge on any atom is 0.164 e. The predicted molar refractivity (Wildman–Crippen MR) is 69.0 cm³/mol. The molecule has 0 saturated heterocycles. The number of pyridine rings is 1. The molecule has 0 fully saturated rings. The van der Waals surface area contributed by atoms with Gasteiger partial charge in [-0.1, -0.05) is 0 Å². The number of benzene rings is 1. The minimum atomic E-state index is 0.498. The quantitative estimate of drug-likeness (QED) is 0.651. The van der Waals surface area contributed by atoms with E-state index in [1.54, 1.807) is 24.5 Å². The highest BCUT2D eigenvalue weighted by Gasteiger charge is 2.06. The highest BCUT2D eigenvalue weighted by Crippen LogP contribution is 2.17. The molecule has 0 aliphatic rings. The molecule has 5 heteroatoms. The van der Waals surface area contributed by atoms with E-state index in [4.69, 9.17) is 5.26 Å². The number of aldehydes is 1. The molecule has 0 atom stereocenters. The molecule has 3 rings (SSSR count). The minimum absolute atomic E-state index is 0.498. The number of aromatic nitrogens is 3. The third kappa shape index (κ3) is 1.85. The number of hydrogen-bond donors (Lipinski definition) is 0. The van der Waals surface area contributed by atoms with Gasteiger partial charge in [0.1, 0.15) is 11.8 Å². The molecule has 0 spiro atoms. The van der Waals surface area contributed by atoms with Crippen LogP contribution >= 0.6 is 0 Å². The summed E-state index contributed by atoms with van der Waals surface area (Å²) in [7, 11) is 0. The van der Waals surface area contributed by atoms with Crippen molar-refractivity contribution in [3.63, 3.8) is 0 Å². The van der Waals surface area contributed by atoms with Crippen LogP contribution in [0.2, 0.25) is 0 Å². The normalized spacial score (nSPS) is 10.3. The van der Waals surface area contributed by atoms with Crippen molar-refractivity contribution in [1.29, 1.82) is 5.26 Å². The Bertz CT molecular complexity index is 796. The van der Waals surface area contributed by atoms with Gasteiger partial charge in [-0.3, -0.25) is 9.36 Å². The first-order chi connectivity index (χ1) is 9.31. The number of imidazole rings is 1. The molecule has 0 N–H and O–H groups in total. The average Bonchev–Trinajstić information content (AvgIpc) is 2.90. The van der Waals surface area contributed by atoms with Crippen molar-refractivity contribution in [1.82, 2.24) is 14.5 Å². The van der Waals surface area contributed by atoms with Gasteiger partial charge >= 0.3 is 0 Å². The van der Waals surface area contributed by atoms with Crippen molar-refractivity contribution < 1.29 is 4.79 Å². The summed E-state index contributed by atoms with van der Waals surface area (Å²) in [6, 6.07) is 10.9. The van der Waals surface area contributed by atoms with Crippen molar-refractivity contribution in [2.75, 3.05) is 0 Å². The van der Waals surface area contributed by atoms with E-state index in [1.165, 1.54) is 6.20 Å². The second-order valence-electron chi connectivity index (χ2n) is 4.00. The number of nitriles is 1. The van der Waals surface area contributed by atoms with Crippen LogP contribution in [0.5, 0.6) is 0 Å². The van der Waals surface area contributed by atoms with Gasteiger partial charge in [0.25, 0.3) is 0 Å². The minimum Gasteiger partial charge on any atom is -0.298 e. The second kappa shape index (κ2) is 4.35. The SMILES string of the molecule is N#Cc1ccc(-n2cnc3cc(C=O)cnc32)cc1. The largest absolute Gasteiger partial charge is 0.298 e. The van der Waals surface area contributed by atoms with E-state index in [0.717, 1.165) is 12.0 Å². The number of hydrogen-bond acceptors (Lipinski definition) is 4. The third-order valence-electron chi connectivity index (χ3n) is 2.82. The molecule has 90 valence electrons. The van der Waals surface area contributed by atoms with Crippen LogP contribution in [0.3, 0.4) is 0 Å². The smallest absolute Gasteiger partial charge is 0.164 e. The fourth-order valence-electron chi connectivity index (χ4n) is 1.87. The number of rotatable bonds is 2. The fraction of sp³-hybridized carbons (Fsp3) is 0. The van der Waals surface area contributed by atoms with Crippen LogP contribution in [0.25, 0.3) is 16.9 Å². The standard InChI is InChI=1S/C14H8N4O/c15-6-10-1-3-12(4-2-10)18-9-17-13-5-11(8-19)7-16-14(13)18/h1-5,7-9H. The van der Waals surface area contributed by atoms with Crippen molar-refractivity contribution in [2.24, 2.45) is 0 Å². The topological polar surface area (TPSA) is 71.6 Å². The Kier molecular flexibility index (Phi) is 2.54. The van der Waals surface area contributed by atoms with E-state index in [1.807, 2.05) is 16.7 Å². The molecular formula is C14H8N4O. The highest BCUT2D eigenvalue weighted by molar-refractivity contribution is 5.82. The lowest BCUT2D eigenvalue weighted by Crippen LogP contribution is -1.94. The third-order valence-corrected chi connectivity index (χ3v) is 2.82. The lowest BCUT2D eigenvalue weighted by Gasteiger charge is -2.03. The molecule has 0 aliphatic heterocycles. The van der Waals surface area contributed by atoms with Gasteiger partial charge in [-0.2, -0.15) is 5.26 Å². The van der Waals surface area contributed by atoms with Gasteiger partial charge in [0.05, 0.1) is 11.6 Å². The van der Waals surface area contributed by atoms with Gasteiger partial charge in [0.15, 0.2) is 11.9 Å². The first-order valence-corrected chi connectivity index (χ1v) is 5.60. The molecule has 5 nitrogen and oxygen atoms in total. The van der Waals surface area contributed by atoms with Crippen LogP contribution in [0.1, 0.15) is 15.9 Å². The summed E-state index contributed by atoms with van der Waals surface area (Å²) in [5.41, 5.74) is 3.30. The van der Waals surface area contributed by atoms with E-state index in [0.29, 0.717) is 22.3 Å². The molecule has 0 aliphatic carbocycles. The summed E-state index contributed by atoms with van der Waals surface area (Å²) in [6.07, 6.45) is 3.90. The zero-order chi connectivity index (χ0) is 13.2. The molecule has 0 saturated carbocycles. The number of nitrogens with zero attached hydrogens (tertiary/aromatic N) is 4. The first kappa shape index (κ1) is 11.1. The van der Waals surface area contributed by atoms with Crippen LogP contribution in [0.4, 0.5) is 0 Å². The highest BCUT2D eigenvalue weighted by atomic mass is 16.1. The molecule has 1 aromatic carbocycles. The van der Waals surface area contributed by atoms with Crippen LogP contribution < -0.4 is 0 Å². The Morgan fingerprint density at radius 1 is 1.21 bits per heavy atom. The molecular weight excluding hydrogens is 240 g/mol. The van der Waals surface area contributed by atoms with E-state index in [-0.39, 0.29) is 0 Å². The first-order valence-electron chi connectivity index (χ1n) is 5.60.